The first-order chi connectivity index (χ1) is 9.20. The van der Waals surface area contributed by atoms with Crippen molar-refractivity contribution < 1.29 is 9.90 Å². The predicted octanol–water partition coefficient (Wildman–Crippen LogP) is 2.05. The Kier molecular flexibility index (Phi) is 4.29. The lowest BCUT2D eigenvalue weighted by atomic mass is 10.2. The summed E-state index contributed by atoms with van der Waals surface area (Å²) in [6, 6.07) is 5.17. The van der Waals surface area contributed by atoms with E-state index >= 15 is 0 Å². The fourth-order valence-electron chi connectivity index (χ4n) is 1.48. The lowest BCUT2D eigenvalue weighted by molar-refractivity contribution is 0.102. The van der Waals surface area contributed by atoms with Crippen LogP contribution in [0.3, 0.4) is 0 Å². The molecule has 0 radical (unpaired) electrons. The summed E-state index contributed by atoms with van der Waals surface area (Å²) < 4.78 is 0. The number of amides is 1. The zero-order valence-corrected chi connectivity index (χ0v) is 11.1. The Hall–Kier alpha value is -2.16. The van der Waals surface area contributed by atoms with E-state index < -0.39 is 0 Å². The van der Waals surface area contributed by atoms with Gasteiger partial charge in [0, 0.05) is 5.38 Å². The van der Waals surface area contributed by atoms with Crippen LogP contribution < -0.4 is 5.32 Å². The second-order valence-corrected chi connectivity index (χ2v) is 4.53. The molecule has 1 amide bonds. The summed E-state index contributed by atoms with van der Waals surface area (Å²) in [6.45, 7) is 1.67. The summed E-state index contributed by atoms with van der Waals surface area (Å²) >= 11 is 1.49. The van der Waals surface area contributed by atoms with Crippen molar-refractivity contribution >= 4 is 23.1 Å². The Morgan fingerprint density at radius 1 is 1.47 bits per heavy atom. The number of carbonyl (C=O) groups excluding carboxylic acids is 1. The minimum absolute atomic E-state index is 0.182. The third-order valence-corrected chi connectivity index (χ3v) is 3.25. The number of aliphatic hydroxyl groups is 1. The van der Waals surface area contributed by atoms with Crippen LogP contribution in [0.15, 0.2) is 29.0 Å². The number of thiophene rings is 1. The summed E-state index contributed by atoms with van der Waals surface area (Å²) in [4.78, 5) is 16.2. The first-order valence-electron chi connectivity index (χ1n) is 5.61. The van der Waals surface area contributed by atoms with E-state index in [9.17, 15) is 4.79 Å². The number of nitrogens with one attached hydrogen (secondary N) is 1. The molecule has 2 aromatic rings. The van der Waals surface area contributed by atoms with E-state index in [2.05, 4.69) is 22.1 Å². The van der Waals surface area contributed by atoms with Gasteiger partial charge in [-0.25, -0.2) is 4.98 Å². The van der Waals surface area contributed by atoms with Crippen LogP contribution in [-0.4, -0.2) is 22.6 Å². The normalized spacial score (nSPS) is 9.58. The maximum absolute atomic E-state index is 12.0. The third-order valence-electron chi connectivity index (χ3n) is 2.39. The Morgan fingerprint density at radius 3 is 3.00 bits per heavy atom. The molecular weight excluding hydrogens is 260 g/mol. The number of hydrogen-bond donors (Lipinski definition) is 2. The van der Waals surface area contributed by atoms with Crippen LogP contribution in [0.25, 0.3) is 0 Å². The zero-order valence-electron chi connectivity index (χ0n) is 10.3. The number of aromatic nitrogens is 1. The fraction of sp³-hybridized carbons (Fsp3) is 0.143. The third kappa shape index (κ3) is 3.41. The Bertz CT molecular complexity index is 653. The van der Waals surface area contributed by atoms with Gasteiger partial charge in [-0.05, 0) is 35.9 Å². The van der Waals surface area contributed by atoms with Crippen LogP contribution in [0.2, 0.25) is 0 Å². The van der Waals surface area contributed by atoms with Gasteiger partial charge in [-0.2, -0.15) is 11.3 Å². The second-order valence-electron chi connectivity index (χ2n) is 3.79. The van der Waals surface area contributed by atoms with Crippen LogP contribution in [-0.2, 0) is 0 Å². The van der Waals surface area contributed by atoms with E-state index in [0.717, 1.165) is 5.56 Å². The minimum atomic E-state index is -0.216. The van der Waals surface area contributed by atoms with Gasteiger partial charge >= 0.3 is 0 Å². The fourth-order valence-corrected chi connectivity index (χ4v) is 2.31. The van der Waals surface area contributed by atoms with Gasteiger partial charge in [0.1, 0.15) is 18.1 Å². The predicted molar refractivity (Wildman–Crippen MR) is 75.2 cm³/mol. The van der Waals surface area contributed by atoms with Gasteiger partial charge in [0.25, 0.3) is 5.91 Å². The Labute approximate surface area is 115 Å². The molecule has 0 atom stereocenters. The molecule has 0 aromatic carbocycles. The van der Waals surface area contributed by atoms with Crippen molar-refractivity contribution in [2.45, 2.75) is 6.92 Å². The van der Waals surface area contributed by atoms with Gasteiger partial charge in [0.2, 0.25) is 0 Å². The topological polar surface area (TPSA) is 62.2 Å². The lowest BCUT2D eigenvalue weighted by Gasteiger charge is -2.04. The molecule has 0 aliphatic heterocycles. The molecule has 96 valence electrons. The largest absolute Gasteiger partial charge is 0.384 e. The number of carbonyl (C=O) groups is 1. The van der Waals surface area contributed by atoms with E-state index in [-0.39, 0.29) is 12.5 Å². The molecule has 2 heterocycles. The maximum Gasteiger partial charge on any atom is 0.257 e. The number of anilines is 1. The molecule has 0 saturated heterocycles. The minimum Gasteiger partial charge on any atom is -0.384 e. The summed E-state index contributed by atoms with van der Waals surface area (Å²) in [7, 11) is 0. The van der Waals surface area contributed by atoms with Crippen molar-refractivity contribution in [2.75, 3.05) is 11.9 Å². The van der Waals surface area contributed by atoms with E-state index in [4.69, 9.17) is 5.11 Å². The van der Waals surface area contributed by atoms with Crippen molar-refractivity contribution in [3.8, 4) is 11.8 Å². The molecule has 0 unspecified atom stereocenters. The summed E-state index contributed by atoms with van der Waals surface area (Å²) in [5.41, 5.74) is 2.10. The average molecular weight is 272 g/mol. The van der Waals surface area contributed by atoms with Crippen molar-refractivity contribution in [3.05, 3.63) is 45.8 Å². The highest BCUT2D eigenvalue weighted by atomic mass is 32.1. The van der Waals surface area contributed by atoms with Crippen LogP contribution in [0.4, 0.5) is 5.82 Å². The maximum atomic E-state index is 12.0. The van der Waals surface area contributed by atoms with E-state index in [0.29, 0.717) is 17.1 Å². The number of nitrogens with zero attached hydrogens (tertiary/aromatic N) is 1. The monoisotopic (exact) mass is 272 g/mol. The standard InChI is InChI=1S/C14H12N2O2S/c1-10-8-19-9-12(10)14(18)16-13-6-2-4-11(15-13)5-3-7-17/h2,4,6,8-9,17H,7H2,1H3,(H,15,16,18). The van der Waals surface area contributed by atoms with Crippen LogP contribution in [0.5, 0.6) is 0 Å². The number of hydrogen-bond acceptors (Lipinski definition) is 4. The molecule has 0 aliphatic carbocycles. The van der Waals surface area contributed by atoms with E-state index in [1.165, 1.54) is 11.3 Å². The molecule has 2 aromatic heterocycles. The number of pyridine rings is 1. The number of aliphatic hydroxyl groups excluding tert-OH is 1. The Balaban J connectivity index is 2.15. The smallest absolute Gasteiger partial charge is 0.257 e. The summed E-state index contributed by atoms with van der Waals surface area (Å²) in [5.74, 6) is 5.47. The average Bonchev–Trinajstić information content (AvgIpc) is 2.83. The van der Waals surface area contributed by atoms with Crippen LogP contribution in [0.1, 0.15) is 21.6 Å². The molecule has 0 aliphatic rings. The van der Waals surface area contributed by atoms with E-state index in [1.807, 2.05) is 12.3 Å². The van der Waals surface area contributed by atoms with Gasteiger partial charge in [0.15, 0.2) is 0 Å². The molecule has 19 heavy (non-hydrogen) atoms. The van der Waals surface area contributed by atoms with Crippen molar-refractivity contribution in [2.24, 2.45) is 0 Å². The summed E-state index contributed by atoms with van der Waals surface area (Å²) in [6.07, 6.45) is 0. The SMILES string of the molecule is Cc1cscc1C(=O)Nc1cccc(C#CCO)n1. The molecule has 0 bridgehead atoms. The molecule has 0 fully saturated rings. The van der Waals surface area contributed by atoms with Crippen molar-refractivity contribution in [1.29, 1.82) is 0 Å². The summed E-state index contributed by atoms with van der Waals surface area (Å²) in [5, 5.41) is 15.1. The first kappa shape index (κ1) is 13.3. The first-order valence-corrected chi connectivity index (χ1v) is 6.56. The molecule has 0 saturated carbocycles. The quantitative estimate of drug-likeness (QED) is 0.822. The second kappa shape index (κ2) is 6.14. The van der Waals surface area contributed by atoms with Gasteiger partial charge < -0.3 is 10.4 Å². The van der Waals surface area contributed by atoms with Crippen molar-refractivity contribution in [3.63, 3.8) is 0 Å². The lowest BCUT2D eigenvalue weighted by Crippen LogP contribution is -2.13. The van der Waals surface area contributed by atoms with Gasteiger partial charge in [-0.3, -0.25) is 4.79 Å². The Morgan fingerprint density at radius 2 is 2.32 bits per heavy atom. The highest BCUT2D eigenvalue weighted by Crippen LogP contribution is 2.15. The number of rotatable bonds is 2. The molecule has 4 nitrogen and oxygen atoms in total. The zero-order chi connectivity index (χ0) is 13.7. The highest BCUT2D eigenvalue weighted by Gasteiger charge is 2.10. The highest BCUT2D eigenvalue weighted by molar-refractivity contribution is 7.08. The van der Waals surface area contributed by atoms with Gasteiger partial charge in [-0.1, -0.05) is 12.0 Å². The number of aryl methyl sites for hydroxylation is 1. The molecule has 0 spiro atoms. The molecule has 2 N–H and O–H groups in total. The van der Waals surface area contributed by atoms with Gasteiger partial charge in [-0.15, -0.1) is 0 Å². The van der Waals surface area contributed by atoms with Crippen molar-refractivity contribution in [1.82, 2.24) is 4.98 Å². The van der Waals surface area contributed by atoms with E-state index in [1.54, 1.807) is 23.6 Å². The molecular formula is C14H12N2O2S. The van der Waals surface area contributed by atoms with Crippen LogP contribution >= 0.6 is 11.3 Å². The molecule has 2 rings (SSSR count). The van der Waals surface area contributed by atoms with Gasteiger partial charge in [0.05, 0.1) is 5.56 Å². The molecule has 5 heteroatoms. The van der Waals surface area contributed by atoms with Crippen LogP contribution in [0, 0.1) is 18.8 Å².